The van der Waals surface area contributed by atoms with Crippen molar-refractivity contribution in [2.75, 3.05) is 6.54 Å². The SMILES string of the molecule is CC(C)(C)OC(=O)[C@@H](Cc1ccccc1)NC(=O)[C@@H]1CCCCN1. The van der Waals surface area contributed by atoms with Gasteiger partial charge in [-0.3, -0.25) is 4.79 Å². The molecule has 2 atom stereocenters. The van der Waals surface area contributed by atoms with Crippen LogP contribution in [0.5, 0.6) is 0 Å². The number of benzene rings is 1. The van der Waals surface area contributed by atoms with Crippen LogP contribution in [0.15, 0.2) is 30.3 Å². The number of hydrogen-bond donors (Lipinski definition) is 2. The summed E-state index contributed by atoms with van der Waals surface area (Å²) in [6.07, 6.45) is 3.34. The van der Waals surface area contributed by atoms with Crippen molar-refractivity contribution < 1.29 is 14.3 Å². The molecule has 5 heteroatoms. The number of carbonyl (C=O) groups excluding carboxylic acids is 2. The standard InChI is InChI=1S/C19H28N2O3/c1-19(2,3)24-18(23)16(13-14-9-5-4-6-10-14)21-17(22)15-11-7-8-12-20-15/h4-6,9-10,15-16,20H,7-8,11-13H2,1-3H3,(H,21,22)/t15-,16+/m0/s1. The molecule has 0 unspecified atom stereocenters. The van der Waals surface area contributed by atoms with Gasteiger partial charge in [-0.05, 0) is 45.7 Å². The van der Waals surface area contributed by atoms with Gasteiger partial charge in [-0.25, -0.2) is 4.79 Å². The van der Waals surface area contributed by atoms with Gasteiger partial charge in [0.15, 0.2) is 0 Å². The molecule has 0 spiro atoms. The van der Waals surface area contributed by atoms with Crippen molar-refractivity contribution >= 4 is 11.9 Å². The van der Waals surface area contributed by atoms with Crippen molar-refractivity contribution in [1.82, 2.24) is 10.6 Å². The van der Waals surface area contributed by atoms with Crippen LogP contribution < -0.4 is 10.6 Å². The highest BCUT2D eigenvalue weighted by Gasteiger charge is 2.29. The molecule has 1 saturated heterocycles. The zero-order valence-electron chi connectivity index (χ0n) is 14.8. The molecular formula is C19H28N2O3. The first kappa shape index (κ1) is 18.5. The van der Waals surface area contributed by atoms with E-state index >= 15 is 0 Å². The summed E-state index contributed by atoms with van der Waals surface area (Å²) >= 11 is 0. The Morgan fingerprint density at radius 2 is 1.96 bits per heavy atom. The van der Waals surface area contributed by atoms with E-state index in [9.17, 15) is 9.59 Å². The van der Waals surface area contributed by atoms with Gasteiger partial charge in [0.05, 0.1) is 6.04 Å². The van der Waals surface area contributed by atoms with Crippen molar-refractivity contribution in [2.24, 2.45) is 0 Å². The van der Waals surface area contributed by atoms with E-state index in [1.807, 2.05) is 51.1 Å². The van der Waals surface area contributed by atoms with Gasteiger partial charge in [-0.1, -0.05) is 36.8 Å². The van der Waals surface area contributed by atoms with E-state index in [-0.39, 0.29) is 11.9 Å². The van der Waals surface area contributed by atoms with Gasteiger partial charge < -0.3 is 15.4 Å². The lowest BCUT2D eigenvalue weighted by Gasteiger charge is -2.27. The Morgan fingerprint density at radius 3 is 2.54 bits per heavy atom. The Labute approximate surface area is 144 Å². The zero-order chi connectivity index (χ0) is 17.6. The summed E-state index contributed by atoms with van der Waals surface area (Å²) in [5.74, 6) is -0.517. The molecule has 2 rings (SSSR count). The number of nitrogens with one attached hydrogen (secondary N) is 2. The number of piperidine rings is 1. The minimum absolute atomic E-state index is 0.124. The predicted molar refractivity (Wildman–Crippen MR) is 93.6 cm³/mol. The van der Waals surface area contributed by atoms with Crippen molar-refractivity contribution in [3.8, 4) is 0 Å². The first-order valence-electron chi connectivity index (χ1n) is 8.66. The molecule has 1 fully saturated rings. The largest absolute Gasteiger partial charge is 0.458 e. The molecule has 1 aromatic carbocycles. The van der Waals surface area contributed by atoms with Crippen LogP contribution in [0.4, 0.5) is 0 Å². The van der Waals surface area contributed by atoms with Gasteiger partial charge in [0, 0.05) is 6.42 Å². The fourth-order valence-electron chi connectivity index (χ4n) is 2.76. The molecule has 1 aliphatic rings. The van der Waals surface area contributed by atoms with Crippen LogP contribution in [0.25, 0.3) is 0 Å². The molecule has 1 aromatic rings. The fourth-order valence-corrected chi connectivity index (χ4v) is 2.76. The number of esters is 1. The number of carbonyl (C=O) groups is 2. The number of ether oxygens (including phenoxy) is 1. The van der Waals surface area contributed by atoms with E-state index in [0.29, 0.717) is 6.42 Å². The molecule has 1 amide bonds. The Hall–Kier alpha value is -1.88. The van der Waals surface area contributed by atoms with E-state index in [2.05, 4.69) is 10.6 Å². The van der Waals surface area contributed by atoms with Gasteiger partial charge in [-0.2, -0.15) is 0 Å². The summed E-state index contributed by atoms with van der Waals surface area (Å²) in [7, 11) is 0. The number of hydrogen-bond acceptors (Lipinski definition) is 4. The van der Waals surface area contributed by atoms with E-state index in [1.54, 1.807) is 0 Å². The third-order valence-electron chi connectivity index (χ3n) is 3.92. The van der Waals surface area contributed by atoms with Crippen LogP contribution >= 0.6 is 0 Å². The molecule has 132 valence electrons. The number of amides is 1. The Kier molecular flexibility index (Phi) is 6.37. The molecule has 1 heterocycles. The van der Waals surface area contributed by atoms with Crippen LogP contribution in [0.3, 0.4) is 0 Å². The maximum atomic E-state index is 12.5. The van der Waals surface area contributed by atoms with E-state index in [4.69, 9.17) is 4.74 Å². The average molecular weight is 332 g/mol. The third kappa shape index (κ3) is 5.96. The van der Waals surface area contributed by atoms with Crippen molar-refractivity contribution in [2.45, 2.75) is 64.1 Å². The summed E-state index contributed by atoms with van der Waals surface area (Å²) < 4.78 is 5.49. The molecule has 0 radical (unpaired) electrons. The van der Waals surface area contributed by atoms with Crippen LogP contribution in [-0.2, 0) is 20.7 Å². The predicted octanol–water partition coefficient (Wildman–Crippen LogP) is 2.20. The highest BCUT2D eigenvalue weighted by molar-refractivity contribution is 5.87. The smallest absolute Gasteiger partial charge is 0.329 e. The molecule has 24 heavy (non-hydrogen) atoms. The quantitative estimate of drug-likeness (QED) is 0.811. The summed E-state index contributed by atoms with van der Waals surface area (Å²) in [6, 6.07) is 8.77. The van der Waals surface area contributed by atoms with Crippen LogP contribution in [0.2, 0.25) is 0 Å². The second-order valence-electron chi connectivity index (χ2n) is 7.29. The van der Waals surface area contributed by atoms with Crippen molar-refractivity contribution in [3.05, 3.63) is 35.9 Å². The minimum atomic E-state index is -0.678. The highest BCUT2D eigenvalue weighted by Crippen LogP contribution is 2.13. The van der Waals surface area contributed by atoms with E-state index in [0.717, 1.165) is 31.4 Å². The normalized spacial score (nSPS) is 19.4. The first-order valence-corrected chi connectivity index (χ1v) is 8.66. The lowest BCUT2D eigenvalue weighted by atomic mass is 10.0. The van der Waals surface area contributed by atoms with Crippen LogP contribution in [0, 0.1) is 0 Å². The molecule has 0 aliphatic carbocycles. The van der Waals surface area contributed by atoms with Gasteiger partial charge >= 0.3 is 5.97 Å². The van der Waals surface area contributed by atoms with Crippen molar-refractivity contribution in [3.63, 3.8) is 0 Å². The molecule has 0 aromatic heterocycles. The second kappa shape index (κ2) is 8.29. The average Bonchev–Trinajstić information content (AvgIpc) is 2.54. The lowest BCUT2D eigenvalue weighted by molar-refractivity contribution is -0.158. The zero-order valence-corrected chi connectivity index (χ0v) is 14.8. The third-order valence-corrected chi connectivity index (χ3v) is 3.92. The topological polar surface area (TPSA) is 67.4 Å². The fraction of sp³-hybridized carbons (Fsp3) is 0.579. The Morgan fingerprint density at radius 1 is 1.25 bits per heavy atom. The molecule has 0 bridgehead atoms. The summed E-state index contributed by atoms with van der Waals surface area (Å²) in [4.78, 5) is 25.0. The monoisotopic (exact) mass is 332 g/mol. The molecule has 2 N–H and O–H groups in total. The molecule has 5 nitrogen and oxygen atoms in total. The summed E-state index contributed by atoms with van der Waals surface area (Å²) in [5, 5.41) is 6.09. The molecule has 1 aliphatic heterocycles. The van der Waals surface area contributed by atoms with Gasteiger partial charge in [0.1, 0.15) is 11.6 Å². The second-order valence-corrected chi connectivity index (χ2v) is 7.29. The van der Waals surface area contributed by atoms with Gasteiger partial charge in [-0.15, -0.1) is 0 Å². The molecular weight excluding hydrogens is 304 g/mol. The first-order chi connectivity index (χ1) is 11.3. The number of rotatable bonds is 5. The van der Waals surface area contributed by atoms with Gasteiger partial charge in [0.2, 0.25) is 5.91 Å². The van der Waals surface area contributed by atoms with Gasteiger partial charge in [0.25, 0.3) is 0 Å². The Bertz CT molecular complexity index is 545. The maximum Gasteiger partial charge on any atom is 0.329 e. The maximum absolute atomic E-state index is 12.5. The van der Waals surface area contributed by atoms with Crippen molar-refractivity contribution in [1.29, 1.82) is 0 Å². The van der Waals surface area contributed by atoms with Crippen LogP contribution in [-0.4, -0.2) is 36.1 Å². The van der Waals surface area contributed by atoms with E-state index in [1.165, 1.54) is 0 Å². The minimum Gasteiger partial charge on any atom is -0.458 e. The van der Waals surface area contributed by atoms with E-state index < -0.39 is 17.6 Å². The summed E-state index contributed by atoms with van der Waals surface area (Å²) in [5.41, 5.74) is 0.407. The summed E-state index contributed by atoms with van der Waals surface area (Å²) in [6.45, 7) is 6.33. The molecule has 0 saturated carbocycles. The Balaban J connectivity index is 2.06. The van der Waals surface area contributed by atoms with Crippen LogP contribution in [0.1, 0.15) is 45.6 Å². The highest BCUT2D eigenvalue weighted by atomic mass is 16.6. The lowest BCUT2D eigenvalue weighted by Crippen LogP contribution is -2.53.